The van der Waals surface area contributed by atoms with Gasteiger partial charge in [-0.2, -0.15) is 23.3 Å². The van der Waals surface area contributed by atoms with Crippen LogP contribution >= 0.6 is 11.6 Å². The molecule has 1 heterocycles. The standard InChI is InChI=1S/C18H14ClF3N2O3/c1-27-14-4-2-3-12(9-14)15-10-17(26,18(20,21)22)24(23-15)16(25)11-5-7-13(19)8-6-11/h2-9,26H,10H2,1H3/t17-/m1/s1. The van der Waals surface area contributed by atoms with Gasteiger partial charge >= 0.3 is 6.18 Å². The van der Waals surface area contributed by atoms with E-state index in [1.54, 1.807) is 12.1 Å². The Morgan fingerprint density at radius 1 is 1.26 bits per heavy atom. The van der Waals surface area contributed by atoms with E-state index < -0.39 is 24.2 Å². The van der Waals surface area contributed by atoms with E-state index in [-0.39, 0.29) is 16.3 Å². The molecule has 0 spiro atoms. The summed E-state index contributed by atoms with van der Waals surface area (Å²) in [5, 5.41) is 14.5. The molecule has 1 aliphatic heterocycles. The molecule has 9 heteroatoms. The summed E-state index contributed by atoms with van der Waals surface area (Å²) in [7, 11) is 1.41. The quantitative estimate of drug-likeness (QED) is 0.854. The van der Waals surface area contributed by atoms with Gasteiger partial charge in [-0.25, -0.2) is 0 Å². The molecule has 1 N–H and O–H groups in total. The monoisotopic (exact) mass is 398 g/mol. The summed E-state index contributed by atoms with van der Waals surface area (Å²) in [6.07, 6.45) is -6.01. The van der Waals surface area contributed by atoms with Crippen molar-refractivity contribution < 1.29 is 27.8 Å². The molecule has 0 bridgehead atoms. The number of alkyl halides is 3. The van der Waals surface area contributed by atoms with E-state index in [1.807, 2.05) is 0 Å². The van der Waals surface area contributed by atoms with Gasteiger partial charge in [-0.05, 0) is 36.4 Å². The summed E-state index contributed by atoms with van der Waals surface area (Å²) in [6.45, 7) is 0. The molecule has 1 atom stereocenters. The molecule has 1 aliphatic rings. The largest absolute Gasteiger partial charge is 0.497 e. The van der Waals surface area contributed by atoms with Crippen LogP contribution in [-0.2, 0) is 0 Å². The highest BCUT2D eigenvalue weighted by atomic mass is 35.5. The first-order valence-corrected chi connectivity index (χ1v) is 8.14. The van der Waals surface area contributed by atoms with Crippen LogP contribution in [0.5, 0.6) is 5.75 Å². The van der Waals surface area contributed by atoms with Crippen molar-refractivity contribution in [3.63, 3.8) is 0 Å². The fourth-order valence-electron chi connectivity index (χ4n) is 2.66. The summed E-state index contributed by atoms with van der Waals surface area (Å²) in [5.74, 6) is -0.683. The molecule has 0 aliphatic carbocycles. The maximum atomic E-state index is 13.6. The van der Waals surface area contributed by atoms with Crippen molar-refractivity contribution in [2.75, 3.05) is 7.11 Å². The topological polar surface area (TPSA) is 62.1 Å². The molecular formula is C18H14ClF3N2O3. The van der Waals surface area contributed by atoms with Crippen molar-refractivity contribution in [3.05, 3.63) is 64.7 Å². The Kier molecular flexibility index (Phi) is 4.88. The molecule has 5 nitrogen and oxygen atoms in total. The van der Waals surface area contributed by atoms with Crippen LogP contribution in [0.1, 0.15) is 22.3 Å². The van der Waals surface area contributed by atoms with Gasteiger partial charge in [0.2, 0.25) is 0 Å². The second kappa shape index (κ2) is 6.86. The zero-order valence-electron chi connectivity index (χ0n) is 14.0. The molecule has 0 unspecified atom stereocenters. The van der Waals surface area contributed by atoms with Crippen LogP contribution in [0.3, 0.4) is 0 Å². The number of carbonyl (C=O) groups is 1. The lowest BCUT2D eigenvalue weighted by Crippen LogP contribution is -2.56. The SMILES string of the molecule is COc1cccc(C2=NN(C(=O)c3ccc(Cl)cc3)[C@](O)(C(F)(F)F)C2)c1. The van der Waals surface area contributed by atoms with Gasteiger partial charge in [-0.15, -0.1) is 0 Å². The van der Waals surface area contributed by atoms with Crippen molar-refractivity contribution in [1.82, 2.24) is 5.01 Å². The number of hydrazone groups is 1. The molecule has 142 valence electrons. The molecule has 1 amide bonds. The summed E-state index contributed by atoms with van der Waals surface area (Å²) in [6, 6.07) is 11.5. The summed E-state index contributed by atoms with van der Waals surface area (Å²) in [4.78, 5) is 12.6. The van der Waals surface area contributed by atoms with Gasteiger partial charge in [0.25, 0.3) is 11.6 Å². The lowest BCUT2D eigenvalue weighted by molar-refractivity contribution is -0.297. The highest BCUT2D eigenvalue weighted by Gasteiger charge is 2.63. The average Bonchev–Trinajstić information content (AvgIpc) is 3.01. The van der Waals surface area contributed by atoms with Crippen LogP contribution in [0, 0.1) is 0 Å². The number of aliphatic hydroxyl groups is 1. The minimum atomic E-state index is -5.11. The third-order valence-corrected chi connectivity index (χ3v) is 4.38. The van der Waals surface area contributed by atoms with Crippen LogP contribution in [0.2, 0.25) is 5.02 Å². The highest BCUT2D eigenvalue weighted by Crippen LogP contribution is 2.42. The third kappa shape index (κ3) is 3.50. The van der Waals surface area contributed by atoms with Gasteiger partial charge in [-0.3, -0.25) is 4.79 Å². The van der Waals surface area contributed by atoms with Gasteiger partial charge in [0.15, 0.2) is 0 Å². The van der Waals surface area contributed by atoms with E-state index in [4.69, 9.17) is 16.3 Å². The number of nitrogens with zero attached hydrogens (tertiary/aromatic N) is 2. The Morgan fingerprint density at radius 3 is 2.52 bits per heavy atom. The van der Waals surface area contributed by atoms with Gasteiger partial charge in [0, 0.05) is 16.1 Å². The Morgan fingerprint density at radius 2 is 1.93 bits per heavy atom. The average molecular weight is 399 g/mol. The molecule has 27 heavy (non-hydrogen) atoms. The zero-order valence-corrected chi connectivity index (χ0v) is 14.8. The summed E-state index contributed by atoms with van der Waals surface area (Å²) in [5.41, 5.74) is -3.32. The molecule has 0 saturated carbocycles. The van der Waals surface area contributed by atoms with Gasteiger partial charge < -0.3 is 9.84 Å². The maximum Gasteiger partial charge on any atom is 0.438 e. The number of carbonyl (C=O) groups excluding carboxylic acids is 1. The van der Waals surface area contributed by atoms with Crippen molar-refractivity contribution in [3.8, 4) is 5.75 Å². The first-order chi connectivity index (χ1) is 12.7. The number of ether oxygens (including phenoxy) is 1. The minimum absolute atomic E-state index is 0.0745. The van der Waals surface area contributed by atoms with E-state index in [0.717, 1.165) is 0 Å². The van der Waals surface area contributed by atoms with Crippen LogP contribution in [-0.4, -0.2) is 40.7 Å². The number of benzene rings is 2. The van der Waals surface area contributed by atoms with Crippen LogP contribution in [0.15, 0.2) is 53.6 Å². The molecule has 3 rings (SSSR count). The lowest BCUT2D eigenvalue weighted by Gasteiger charge is -2.32. The maximum absolute atomic E-state index is 13.6. The second-order valence-corrected chi connectivity index (χ2v) is 6.33. The van der Waals surface area contributed by atoms with Crippen molar-refractivity contribution in [1.29, 1.82) is 0 Å². The number of amides is 1. The first-order valence-electron chi connectivity index (χ1n) is 7.77. The van der Waals surface area contributed by atoms with E-state index in [0.29, 0.717) is 16.3 Å². The molecular weight excluding hydrogens is 385 g/mol. The molecule has 2 aromatic rings. The molecule has 0 fully saturated rings. The van der Waals surface area contributed by atoms with Gasteiger partial charge in [-0.1, -0.05) is 23.7 Å². The lowest BCUT2D eigenvalue weighted by atomic mass is 10.0. The number of halogens is 4. The Balaban J connectivity index is 2.04. The Labute approximate surface area is 157 Å². The summed E-state index contributed by atoms with van der Waals surface area (Å²) < 4.78 is 45.9. The molecule has 0 saturated heterocycles. The zero-order chi connectivity index (χ0) is 19.8. The normalized spacial score (nSPS) is 19.8. The smallest absolute Gasteiger partial charge is 0.438 e. The van der Waals surface area contributed by atoms with Crippen LogP contribution < -0.4 is 4.74 Å². The van der Waals surface area contributed by atoms with E-state index in [1.165, 1.54) is 43.5 Å². The van der Waals surface area contributed by atoms with E-state index in [2.05, 4.69) is 5.10 Å². The predicted molar refractivity (Wildman–Crippen MR) is 92.8 cm³/mol. The summed E-state index contributed by atoms with van der Waals surface area (Å²) >= 11 is 5.74. The molecule has 2 aromatic carbocycles. The van der Waals surface area contributed by atoms with Crippen molar-refractivity contribution >= 4 is 23.2 Å². The predicted octanol–water partition coefficient (Wildman–Crippen LogP) is 3.85. The Hall–Kier alpha value is -2.58. The van der Waals surface area contributed by atoms with E-state index in [9.17, 15) is 23.1 Å². The first kappa shape index (κ1) is 19.2. The third-order valence-electron chi connectivity index (χ3n) is 4.13. The van der Waals surface area contributed by atoms with Crippen molar-refractivity contribution in [2.24, 2.45) is 5.10 Å². The van der Waals surface area contributed by atoms with Gasteiger partial charge in [0.1, 0.15) is 5.75 Å². The second-order valence-electron chi connectivity index (χ2n) is 5.89. The number of hydrogen-bond donors (Lipinski definition) is 1. The van der Waals surface area contributed by atoms with Crippen molar-refractivity contribution in [2.45, 2.75) is 18.3 Å². The Bertz CT molecular complexity index is 899. The van der Waals surface area contributed by atoms with Crippen LogP contribution in [0.4, 0.5) is 13.2 Å². The highest BCUT2D eigenvalue weighted by molar-refractivity contribution is 6.30. The fourth-order valence-corrected chi connectivity index (χ4v) is 2.78. The molecule has 0 radical (unpaired) electrons. The fraction of sp³-hybridized carbons (Fsp3) is 0.222. The van der Waals surface area contributed by atoms with Gasteiger partial charge in [0.05, 0.1) is 19.2 Å². The number of hydrogen-bond acceptors (Lipinski definition) is 4. The minimum Gasteiger partial charge on any atom is -0.497 e. The number of rotatable bonds is 3. The van der Waals surface area contributed by atoms with Crippen LogP contribution in [0.25, 0.3) is 0 Å². The molecule has 0 aromatic heterocycles. The number of methoxy groups -OCH3 is 1. The van der Waals surface area contributed by atoms with E-state index >= 15 is 0 Å².